The predicted octanol–water partition coefficient (Wildman–Crippen LogP) is 2.86. The molecule has 2 heterocycles. The van der Waals surface area contributed by atoms with E-state index in [9.17, 15) is 4.79 Å². The van der Waals surface area contributed by atoms with Crippen LogP contribution in [0, 0.1) is 0 Å². The molecule has 1 N–H and O–H groups in total. The smallest absolute Gasteiger partial charge is 0.287 e. The van der Waals surface area contributed by atoms with Gasteiger partial charge in [-0.15, -0.1) is 0 Å². The first kappa shape index (κ1) is 12.9. The van der Waals surface area contributed by atoms with Crippen LogP contribution in [0.25, 0.3) is 11.0 Å². The van der Waals surface area contributed by atoms with Crippen LogP contribution in [0.3, 0.4) is 0 Å². The first-order valence-electron chi connectivity index (χ1n) is 6.07. The average molecular weight is 334 g/mol. The molecule has 0 aliphatic rings. The molecule has 0 saturated heterocycles. The molecule has 0 bridgehead atoms. The Kier molecular flexibility index (Phi) is 3.31. The maximum absolute atomic E-state index is 11.9. The Labute approximate surface area is 123 Å². The van der Waals surface area contributed by atoms with Crippen LogP contribution < -0.4 is 5.32 Å². The first-order chi connectivity index (χ1) is 9.63. The fourth-order valence-electron chi connectivity index (χ4n) is 2.00. The van der Waals surface area contributed by atoms with Crippen molar-refractivity contribution in [1.82, 2.24) is 14.9 Å². The highest BCUT2D eigenvalue weighted by Crippen LogP contribution is 2.15. The van der Waals surface area contributed by atoms with Gasteiger partial charge in [0, 0.05) is 13.6 Å². The Bertz CT molecular complexity index is 776. The SMILES string of the molecule is Cn1cnc2cc(CNC(=O)c3ccc(Br)o3)ccc21. The largest absolute Gasteiger partial charge is 0.444 e. The zero-order valence-electron chi connectivity index (χ0n) is 10.8. The lowest BCUT2D eigenvalue weighted by Gasteiger charge is -2.04. The van der Waals surface area contributed by atoms with Crippen molar-refractivity contribution >= 4 is 32.9 Å². The average Bonchev–Trinajstić information content (AvgIpc) is 3.03. The van der Waals surface area contributed by atoms with Crippen LogP contribution in [0.5, 0.6) is 0 Å². The molecule has 102 valence electrons. The molecule has 0 radical (unpaired) electrons. The standard InChI is InChI=1S/C14H12BrN3O2/c1-18-8-17-10-6-9(2-3-11(10)18)7-16-14(19)12-4-5-13(15)20-12/h2-6,8H,7H2,1H3,(H,16,19). The summed E-state index contributed by atoms with van der Waals surface area (Å²) in [5, 5.41) is 2.81. The van der Waals surface area contributed by atoms with E-state index < -0.39 is 0 Å². The Morgan fingerprint density at radius 2 is 2.25 bits per heavy atom. The minimum absolute atomic E-state index is 0.239. The fourth-order valence-corrected chi connectivity index (χ4v) is 2.30. The van der Waals surface area contributed by atoms with Gasteiger partial charge >= 0.3 is 0 Å². The van der Waals surface area contributed by atoms with Crippen LogP contribution in [-0.2, 0) is 13.6 Å². The number of benzene rings is 1. The van der Waals surface area contributed by atoms with Crippen molar-refractivity contribution in [2.24, 2.45) is 7.05 Å². The zero-order chi connectivity index (χ0) is 14.1. The maximum atomic E-state index is 11.9. The van der Waals surface area contributed by atoms with E-state index in [0.717, 1.165) is 16.6 Å². The molecular formula is C14H12BrN3O2. The molecule has 0 spiro atoms. The van der Waals surface area contributed by atoms with E-state index in [-0.39, 0.29) is 11.7 Å². The van der Waals surface area contributed by atoms with Gasteiger partial charge in [0.15, 0.2) is 10.4 Å². The summed E-state index contributed by atoms with van der Waals surface area (Å²) in [5.74, 6) is 0.0487. The summed E-state index contributed by atoms with van der Waals surface area (Å²) in [6.45, 7) is 0.434. The second-order valence-electron chi connectivity index (χ2n) is 4.46. The highest BCUT2D eigenvalue weighted by Gasteiger charge is 2.10. The summed E-state index contributed by atoms with van der Waals surface area (Å²) in [4.78, 5) is 16.1. The number of hydrogen-bond acceptors (Lipinski definition) is 3. The van der Waals surface area contributed by atoms with E-state index in [1.807, 2.05) is 29.8 Å². The van der Waals surface area contributed by atoms with Crippen molar-refractivity contribution < 1.29 is 9.21 Å². The summed E-state index contributed by atoms with van der Waals surface area (Å²) in [5.41, 5.74) is 2.98. The van der Waals surface area contributed by atoms with Crippen molar-refractivity contribution in [2.45, 2.75) is 6.54 Å². The number of nitrogens with zero attached hydrogens (tertiary/aromatic N) is 2. The minimum atomic E-state index is -0.239. The zero-order valence-corrected chi connectivity index (χ0v) is 12.3. The minimum Gasteiger partial charge on any atom is -0.444 e. The summed E-state index contributed by atoms with van der Waals surface area (Å²) in [6.07, 6.45) is 1.77. The van der Waals surface area contributed by atoms with Crippen molar-refractivity contribution in [3.05, 3.63) is 52.7 Å². The van der Waals surface area contributed by atoms with Crippen molar-refractivity contribution in [3.8, 4) is 0 Å². The van der Waals surface area contributed by atoms with Gasteiger partial charge in [-0.05, 0) is 45.8 Å². The number of nitrogens with one attached hydrogen (secondary N) is 1. The molecule has 0 atom stereocenters. The lowest BCUT2D eigenvalue weighted by atomic mass is 10.2. The van der Waals surface area contributed by atoms with Gasteiger partial charge in [0.1, 0.15) is 0 Å². The van der Waals surface area contributed by atoms with Gasteiger partial charge in [-0.3, -0.25) is 4.79 Å². The Morgan fingerprint density at radius 1 is 1.40 bits per heavy atom. The predicted molar refractivity (Wildman–Crippen MR) is 78.3 cm³/mol. The van der Waals surface area contributed by atoms with Crippen LogP contribution >= 0.6 is 15.9 Å². The summed E-state index contributed by atoms with van der Waals surface area (Å²) < 4.78 is 7.69. The number of amides is 1. The highest BCUT2D eigenvalue weighted by atomic mass is 79.9. The lowest BCUT2D eigenvalue weighted by molar-refractivity contribution is 0.0922. The van der Waals surface area contributed by atoms with Gasteiger partial charge in [0.05, 0.1) is 17.4 Å². The van der Waals surface area contributed by atoms with E-state index in [4.69, 9.17) is 4.42 Å². The Balaban J connectivity index is 1.72. The molecule has 1 aromatic carbocycles. The number of carbonyl (C=O) groups is 1. The number of halogens is 1. The van der Waals surface area contributed by atoms with E-state index in [0.29, 0.717) is 11.2 Å². The third-order valence-corrected chi connectivity index (χ3v) is 3.47. The molecule has 20 heavy (non-hydrogen) atoms. The van der Waals surface area contributed by atoms with Crippen molar-refractivity contribution in [1.29, 1.82) is 0 Å². The second-order valence-corrected chi connectivity index (χ2v) is 5.25. The quantitative estimate of drug-likeness (QED) is 0.801. The molecule has 5 nitrogen and oxygen atoms in total. The number of furan rings is 1. The van der Waals surface area contributed by atoms with Gasteiger partial charge < -0.3 is 14.3 Å². The number of imidazole rings is 1. The van der Waals surface area contributed by atoms with Crippen LogP contribution in [0.15, 0.2) is 45.7 Å². The molecule has 0 unspecified atom stereocenters. The topological polar surface area (TPSA) is 60.1 Å². The van der Waals surface area contributed by atoms with E-state index in [1.165, 1.54) is 0 Å². The number of hydrogen-bond donors (Lipinski definition) is 1. The molecular weight excluding hydrogens is 322 g/mol. The summed E-state index contributed by atoms with van der Waals surface area (Å²) in [7, 11) is 1.95. The van der Waals surface area contributed by atoms with Gasteiger partial charge in [-0.25, -0.2) is 4.98 Å². The third kappa shape index (κ3) is 2.46. The van der Waals surface area contributed by atoms with Gasteiger partial charge in [0.2, 0.25) is 0 Å². The fraction of sp³-hybridized carbons (Fsp3) is 0.143. The van der Waals surface area contributed by atoms with Crippen LogP contribution in [0.1, 0.15) is 16.1 Å². The van der Waals surface area contributed by atoms with Crippen molar-refractivity contribution in [2.75, 3.05) is 0 Å². The summed E-state index contributed by atoms with van der Waals surface area (Å²) >= 11 is 3.17. The maximum Gasteiger partial charge on any atom is 0.287 e. The third-order valence-electron chi connectivity index (χ3n) is 3.04. The normalized spacial score (nSPS) is 10.9. The molecule has 1 amide bonds. The van der Waals surface area contributed by atoms with E-state index in [1.54, 1.807) is 18.5 Å². The molecule has 0 fully saturated rings. The number of aryl methyl sites for hydroxylation is 1. The molecule has 3 aromatic rings. The molecule has 0 aliphatic heterocycles. The molecule has 2 aromatic heterocycles. The Morgan fingerprint density at radius 3 is 3.00 bits per heavy atom. The first-order valence-corrected chi connectivity index (χ1v) is 6.86. The van der Waals surface area contributed by atoms with E-state index >= 15 is 0 Å². The summed E-state index contributed by atoms with van der Waals surface area (Å²) in [6, 6.07) is 9.25. The van der Waals surface area contributed by atoms with Crippen LogP contribution in [-0.4, -0.2) is 15.5 Å². The lowest BCUT2D eigenvalue weighted by Crippen LogP contribution is -2.22. The number of aromatic nitrogens is 2. The molecule has 0 saturated carbocycles. The van der Waals surface area contributed by atoms with Gasteiger partial charge in [-0.1, -0.05) is 6.07 Å². The highest BCUT2D eigenvalue weighted by molar-refractivity contribution is 9.10. The van der Waals surface area contributed by atoms with Crippen molar-refractivity contribution in [3.63, 3.8) is 0 Å². The molecule has 6 heteroatoms. The van der Waals surface area contributed by atoms with Gasteiger partial charge in [-0.2, -0.15) is 0 Å². The monoisotopic (exact) mass is 333 g/mol. The second kappa shape index (κ2) is 5.13. The van der Waals surface area contributed by atoms with Crippen LogP contribution in [0.2, 0.25) is 0 Å². The Hall–Kier alpha value is -2.08. The number of carbonyl (C=O) groups excluding carboxylic acids is 1. The number of rotatable bonds is 3. The number of fused-ring (bicyclic) bond motifs is 1. The molecule has 3 rings (SSSR count). The van der Waals surface area contributed by atoms with Gasteiger partial charge in [0.25, 0.3) is 5.91 Å². The van der Waals surface area contributed by atoms with E-state index in [2.05, 4.69) is 26.2 Å². The van der Waals surface area contributed by atoms with Crippen LogP contribution in [0.4, 0.5) is 0 Å². The molecule has 0 aliphatic carbocycles.